The quantitative estimate of drug-likeness (QED) is 0.542. The van der Waals surface area contributed by atoms with E-state index in [0.29, 0.717) is 23.7 Å². The summed E-state index contributed by atoms with van der Waals surface area (Å²) >= 11 is 0. The number of hydrogen-bond acceptors (Lipinski definition) is 4. The Labute approximate surface area is 188 Å². The Morgan fingerprint density at radius 1 is 1.18 bits per heavy atom. The minimum atomic E-state index is -2.55. The molecular formula is C24H21F3N4O2. The van der Waals surface area contributed by atoms with Gasteiger partial charge in [0.05, 0.1) is 25.1 Å². The lowest BCUT2D eigenvalue weighted by Crippen LogP contribution is -2.38. The van der Waals surface area contributed by atoms with Gasteiger partial charge in [0.1, 0.15) is 17.6 Å². The van der Waals surface area contributed by atoms with Gasteiger partial charge in [-0.25, -0.2) is 13.2 Å². The van der Waals surface area contributed by atoms with Crippen molar-refractivity contribution >= 4 is 11.7 Å². The van der Waals surface area contributed by atoms with Crippen LogP contribution >= 0.6 is 0 Å². The van der Waals surface area contributed by atoms with E-state index in [-0.39, 0.29) is 43.3 Å². The number of anilines is 1. The smallest absolute Gasteiger partial charge is 0.248 e. The Hall–Kier alpha value is -3.80. The highest BCUT2D eigenvalue weighted by molar-refractivity contribution is 5.91. The SMILES string of the molecule is N#Cc1ccc(Cn2ccc(NC(=O)Cc3ccc(OCC4CC(F)(F)C4)cc3)n2)cc1F. The Bertz CT molecular complexity index is 1180. The number of carbonyl (C=O) groups is 1. The maximum absolute atomic E-state index is 13.7. The van der Waals surface area contributed by atoms with Crippen molar-refractivity contribution < 1.29 is 22.7 Å². The summed E-state index contributed by atoms with van der Waals surface area (Å²) in [5, 5.41) is 15.8. The monoisotopic (exact) mass is 454 g/mol. The molecule has 4 rings (SSSR count). The Morgan fingerprint density at radius 2 is 1.91 bits per heavy atom. The molecule has 33 heavy (non-hydrogen) atoms. The molecular weight excluding hydrogens is 433 g/mol. The molecule has 2 aromatic carbocycles. The predicted octanol–water partition coefficient (Wildman–Crippen LogP) is 4.55. The van der Waals surface area contributed by atoms with Crippen molar-refractivity contribution in [2.24, 2.45) is 5.92 Å². The van der Waals surface area contributed by atoms with Gasteiger partial charge in [-0.3, -0.25) is 9.48 Å². The lowest BCUT2D eigenvalue weighted by Gasteiger charge is -2.34. The van der Waals surface area contributed by atoms with Crippen LogP contribution in [0.3, 0.4) is 0 Å². The molecule has 0 atom stereocenters. The third kappa shape index (κ3) is 5.92. The van der Waals surface area contributed by atoms with Gasteiger partial charge < -0.3 is 10.1 Å². The standard InChI is InChI=1S/C24H21F3N4O2/c25-21-9-17(1-4-19(21)13-28)14-31-8-7-22(30-31)29-23(32)10-16-2-5-20(6-3-16)33-15-18-11-24(26,27)12-18/h1-9,18H,10-12,14-15H2,(H,29,30,32). The molecule has 9 heteroatoms. The van der Waals surface area contributed by atoms with Crippen molar-refractivity contribution in [3.8, 4) is 11.8 Å². The number of carbonyl (C=O) groups excluding carboxylic acids is 1. The van der Waals surface area contributed by atoms with Crippen LogP contribution in [-0.4, -0.2) is 28.2 Å². The van der Waals surface area contributed by atoms with Gasteiger partial charge in [-0.1, -0.05) is 18.2 Å². The van der Waals surface area contributed by atoms with E-state index in [2.05, 4.69) is 10.4 Å². The van der Waals surface area contributed by atoms with E-state index in [1.807, 2.05) is 0 Å². The first-order valence-electron chi connectivity index (χ1n) is 10.4. The average molecular weight is 454 g/mol. The minimum Gasteiger partial charge on any atom is -0.493 e. The number of nitrogens with zero attached hydrogens (tertiary/aromatic N) is 3. The predicted molar refractivity (Wildman–Crippen MR) is 114 cm³/mol. The molecule has 0 aliphatic heterocycles. The lowest BCUT2D eigenvalue weighted by atomic mass is 9.82. The van der Waals surface area contributed by atoms with E-state index in [9.17, 15) is 18.0 Å². The first-order valence-corrected chi connectivity index (χ1v) is 10.4. The molecule has 170 valence electrons. The lowest BCUT2D eigenvalue weighted by molar-refractivity contribution is -0.119. The van der Waals surface area contributed by atoms with E-state index in [0.717, 1.165) is 5.56 Å². The zero-order valence-corrected chi connectivity index (χ0v) is 17.6. The Morgan fingerprint density at radius 3 is 2.58 bits per heavy atom. The molecule has 1 aromatic heterocycles. The highest BCUT2D eigenvalue weighted by Crippen LogP contribution is 2.42. The van der Waals surface area contributed by atoms with E-state index in [1.54, 1.807) is 53.3 Å². The number of amides is 1. The molecule has 6 nitrogen and oxygen atoms in total. The fraction of sp³-hybridized carbons (Fsp3) is 0.292. The number of benzene rings is 2. The molecule has 1 amide bonds. The first-order chi connectivity index (χ1) is 15.8. The normalized spacial score (nSPS) is 14.8. The number of rotatable bonds is 8. The number of hydrogen-bond donors (Lipinski definition) is 1. The fourth-order valence-corrected chi connectivity index (χ4v) is 3.64. The molecule has 0 unspecified atom stereocenters. The van der Waals surface area contributed by atoms with Crippen molar-refractivity contribution in [3.63, 3.8) is 0 Å². The molecule has 1 N–H and O–H groups in total. The third-order valence-corrected chi connectivity index (χ3v) is 5.36. The van der Waals surface area contributed by atoms with Gasteiger partial charge in [-0.2, -0.15) is 10.4 Å². The first kappa shape index (κ1) is 22.4. The van der Waals surface area contributed by atoms with Crippen LogP contribution in [0.25, 0.3) is 0 Å². The molecule has 0 spiro atoms. The Balaban J connectivity index is 1.25. The topological polar surface area (TPSA) is 79.9 Å². The van der Waals surface area contributed by atoms with E-state index in [4.69, 9.17) is 10.00 Å². The van der Waals surface area contributed by atoms with Crippen LogP contribution in [0.4, 0.5) is 19.0 Å². The summed E-state index contributed by atoms with van der Waals surface area (Å²) in [6, 6.07) is 14.7. The van der Waals surface area contributed by atoms with E-state index < -0.39 is 11.7 Å². The highest BCUT2D eigenvalue weighted by Gasteiger charge is 2.45. The van der Waals surface area contributed by atoms with Gasteiger partial charge in [-0.05, 0) is 35.4 Å². The summed E-state index contributed by atoms with van der Waals surface area (Å²) in [5.41, 5.74) is 1.39. The zero-order chi connectivity index (χ0) is 23.4. The molecule has 1 heterocycles. The number of nitrogens with one attached hydrogen (secondary N) is 1. The van der Waals surface area contributed by atoms with Gasteiger partial charge in [0, 0.05) is 31.0 Å². The van der Waals surface area contributed by atoms with Crippen LogP contribution in [0.15, 0.2) is 54.7 Å². The van der Waals surface area contributed by atoms with E-state index in [1.165, 1.54) is 12.1 Å². The highest BCUT2D eigenvalue weighted by atomic mass is 19.3. The molecule has 0 bridgehead atoms. The van der Waals surface area contributed by atoms with Gasteiger partial charge in [0.2, 0.25) is 11.8 Å². The van der Waals surface area contributed by atoms with Crippen molar-refractivity contribution in [2.45, 2.75) is 31.7 Å². The van der Waals surface area contributed by atoms with Crippen LogP contribution < -0.4 is 10.1 Å². The van der Waals surface area contributed by atoms with Crippen molar-refractivity contribution in [1.82, 2.24) is 9.78 Å². The third-order valence-electron chi connectivity index (χ3n) is 5.36. The summed E-state index contributed by atoms with van der Waals surface area (Å²) in [5.74, 6) is -2.57. The van der Waals surface area contributed by atoms with Crippen molar-refractivity contribution in [3.05, 3.63) is 77.2 Å². The average Bonchev–Trinajstić information content (AvgIpc) is 3.18. The van der Waals surface area contributed by atoms with Crippen molar-refractivity contribution in [1.29, 1.82) is 5.26 Å². The zero-order valence-electron chi connectivity index (χ0n) is 17.6. The second-order valence-electron chi connectivity index (χ2n) is 8.13. The van der Waals surface area contributed by atoms with Crippen LogP contribution in [0, 0.1) is 23.1 Å². The molecule has 1 aliphatic carbocycles. The van der Waals surface area contributed by atoms with E-state index >= 15 is 0 Å². The molecule has 1 aliphatic rings. The Kier molecular flexibility index (Phi) is 6.36. The number of aromatic nitrogens is 2. The summed E-state index contributed by atoms with van der Waals surface area (Å²) in [4.78, 5) is 12.3. The second kappa shape index (κ2) is 9.36. The summed E-state index contributed by atoms with van der Waals surface area (Å²) in [7, 11) is 0. The number of ether oxygens (including phenoxy) is 1. The summed E-state index contributed by atoms with van der Waals surface area (Å²) < 4.78 is 46.6. The number of halogens is 3. The second-order valence-corrected chi connectivity index (χ2v) is 8.13. The van der Waals surface area contributed by atoms with Crippen LogP contribution in [-0.2, 0) is 17.8 Å². The van der Waals surface area contributed by atoms with Gasteiger partial charge in [0.15, 0.2) is 5.82 Å². The van der Waals surface area contributed by atoms with Crippen molar-refractivity contribution in [2.75, 3.05) is 11.9 Å². The van der Waals surface area contributed by atoms with Gasteiger partial charge in [0.25, 0.3) is 0 Å². The molecule has 1 saturated carbocycles. The maximum atomic E-state index is 13.7. The molecule has 3 aromatic rings. The number of alkyl halides is 2. The summed E-state index contributed by atoms with van der Waals surface area (Å²) in [6.07, 6.45) is 1.52. The molecule has 0 radical (unpaired) electrons. The molecule has 1 fully saturated rings. The largest absolute Gasteiger partial charge is 0.493 e. The van der Waals surface area contributed by atoms with Crippen LogP contribution in [0.5, 0.6) is 5.75 Å². The number of nitriles is 1. The van der Waals surface area contributed by atoms with Crippen LogP contribution in [0.1, 0.15) is 29.5 Å². The minimum absolute atomic E-state index is 0.0187. The van der Waals surface area contributed by atoms with Gasteiger partial charge in [-0.15, -0.1) is 0 Å². The fourth-order valence-electron chi connectivity index (χ4n) is 3.64. The van der Waals surface area contributed by atoms with Crippen LogP contribution in [0.2, 0.25) is 0 Å². The van der Waals surface area contributed by atoms with Gasteiger partial charge >= 0.3 is 0 Å². The maximum Gasteiger partial charge on any atom is 0.248 e. The summed E-state index contributed by atoms with van der Waals surface area (Å²) in [6.45, 7) is 0.547. The molecule has 0 saturated heterocycles.